The SMILES string of the molecule is C1=CC2c3cc(-c4ccc5sc6ccccc6c5c4)ccc3N(C3CC(c4ccccc4)=CC(c4ccccc4)C3)C2C=C1. The molecule has 0 fully saturated rings. The van der Waals surface area contributed by atoms with Crippen LogP contribution in [0.1, 0.15) is 41.4 Å². The van der Waals surface area contributed by atoms with E-state index in [-0.39, 0.29) is 0 Å². The Bertz CT molecular complexity index is 2100. The quantitative estimate of drug-likeness (QED) is 0.199. The highest BCUT2D eigenvalue weighted by atomic mass is 32.1. The highest BCUT2D eigenvalue weighted by Crippen LogP contribution is 2.50. The minimum Gasteiger partial charge on any atom is -0.361 e. The van der Waals surface area contributed by atoms with E-state index in [4.69, 9.17) is 0 Å². The maximum absolute atomic E-state index is 2.77. The molecule has 2 heterocycles. The molecule has 3 aliphatic rings. The van der Waals surface area contributed by atoms with Crippen molar-refractivity contribution in [3.63, 3.8) is 0 Å². The highest BCUT2D eigenvalue weighted by Gasteiger charge is 2.42. The zero-order valence-electron chi connectivity index (χ0n) is 24.5. The highest BCUT2D eigenvalue weighted by molar-refractivity contribution is 7.25. The summed E-state index contributed by atoms with van der Waals surface area (Å²) in [6.07, 6.45) is 14.1. The summed E-state index contributed by atoms with van der Waals surface area (Å²) in [6.45, 7) is 0. The van der Waals surface area contributed by atoms with Crippen LogP contribution in [0.25, 0.3) is 36.9 Å². The van der Waals surface area contributed by atoms with Gasteiger partial charge in [-0.15, -0.1) is 11.3 Å². The Kier molecular flexibility index (Phi) is 6.16. The van der Waals surface area contributed by atoms with Crippen LogP contribution in [0.4, 0.5) is 5.69 Å². The van der Waals surface area contributed by atoms with Crippen LogP contribution in [0, 0.1) is 0 Å². The molecule has 0 spiro atoms. The molecule has 2 heteroatoms. The lowest BCUT2D eigenvalue weighted by molar-refractivity contribution is 0.493. The molecule has 0 N–H and O–H groups in total. The number of fused-ring (bicyclic) bond motifs is 6. The monoisotopic (exact) mass is 583 g/mol. The van der Waals surface area contributed by atoms with Gasteiger partial charge in [0.2, 0.25) is 0 Å². The first-order valence-corrected chi connectivity index (χ1v) is 16.6. The van der Waals surface area contributed by atoms with Gasteiger partial charge >= 0.3 is 0 Å². The molecule has 4 unspecified atom stereocenters. The first-order chi connectivity index (χ1) is 21.8. The molecule has 0 bridgehead atoms. The van der Waals surface area contributed by atoms with E-state index < -0.39 is 0 Å². The molecular weight excluding hydrogens is 551 g/mol. The van der Waals surface area contributed by atoms with Crippen LogP contribution in [0.2, 0.25) is 0 Å². The van der Waals surface area contributed by atoms with Gasteiger partial charge in [0.05, 0.1) is 6.04 Å². The zero-order valence-corrected chi connectivity index (χ0v) is 25.3. The summed E-state index contributed by atoms with van der Waals surface area (Å²) in [5.74, 6) is 0.754. The van der Waals surface area contributed by atoms with Crippen molar-refractivity contribution >= 4 is 42.8 Å². The Morgan fingerprint density at radius 1 is 0.614 bits per heavy atom. The van der Waals surface area contributed by atoms with Gasteiger partial charge in [-0.1, -0.05) is 121 Å². The first-order valence-electron chi connectivity index (χ1n) is 15.8. The molecular formula is C42H33NS. The summed E-state index contributed by atoms with van der Waals surface area (Å²) >= 11 is 1.89. The molecule has 2 aliphatic carbocycles. The van der Waals surface area contributed by atoms with Gasteiger partial charge in [0.1, 0.15) is 0 Å². The van der Waals surface area contributed by atoms with E-state index in [1.807, 2.05) is 11.3 Å². The van der Waals surface area contributed by atoms with Crippen molar-refractivity contribution in [2.24, 2.45) is 0 Å². The Labute approximate surface area is 263 Å². The summed E-state index contributed by atoms with van der Waals surface area (Å²) < 4.78 is 2.71. The lowest BCUT2D eigenvalue weighted by atomic mass is 9.79. The van der Waals surface area contributed by atoms with E-state index in [9.17, 15) is 0 Å². The standard InChI is InChI=1S/C42H33NS/c1-3-11-28(12-4-1)32-23-33(29-13-5-2-6-14-29)25-34(24-32)43-39-17-9-7-15-35(39)37-26-30(19-21-40(37)43)31-20-22-42-38(27-31)36-16-8-10-18-41(36)44-42/h1-23,26-27,32,34-35,39H,24-25H2. The number of hydrogen-bond donors (Lipinski definition) is 0. The lowest BCUT2D eigenvalue weighted by Gasteiger charge is -2.40. The fourth-order valence-corrected chi connectivity index (χ4v) is 9.00. The third-order valence-corrected chi connectivity index (χ3v) is 11.1. The van der Waals surface area contributed by atoms with Crippen LogP contribution in [0.5, 0.6) is 0 Å². The minimum atomic E-state index is 0.338. The zero-order chi connectivity index (χ0) is 29.0. The lowest BCUT2D eigenvalue weighted by Crippen LogP contribution is -2.43. The Morgan fingerprint density at radius 3 is 2.23 bits per heavy atom. The fourth-order valence-electron chi connectivity index (χ4n) is 7.91. The van der Waals surface area contributed by atoms with Gasteiger partial charge in [-0.2, -0.15) is 0 Å². The number of anilines is 1. The summed E-state index contributed by atoms with van der Waals surface area (Å²) in [5.41, 5.74) is 9.67. The van der Waals surface area contributed by atoms with Crippen molar-refractivity contribution in [2.45, 2.75) is 36.8 Å². The van der Waals surface area contributed by atoms with E-state index in [1.165, 1.54) is 59.3 Å². The van der Waals surface area contributed by atoms with Gasteiger partial charge in [0.25, 0.3) is 0 Å². The summed E-state index contributed by atoms with van der Waals surface area (Å²) in [4.78, 5) is 2.77. The molecule has 0 amide bonds. The topological polar surface area (TPSA) is 3.24 Å². The van der Waals surface area contributed by atoms with Crippen molar-refractivity contribution in [1.29, 1.82) is 0 Å². The second-order valence-corrected chi connectivity index (χ2v) is 13.5. The van der Waals surface area contributed by atoms with E-state index in [0.717, 1.165) is 12.8 Å². The van der Waals surface area contributed by atoms with Crippen LogP contribution in [-0.4, -0.2) is 12.1 Å². The smallest absolute Gasteiger partial charge is 0.0583 e. The predicted molar refractivity (Wildman–Crippen MR) is 189 cm³/mol. The summed E-state index contributed by atoms with van der Waals surface area (Å²) in [5, 5.41) is 2.72. The molecule has 0 saturated carbocycles. The van der Waals surface area contributed by atoms with Crippen LogP contribution < -0.4 is 4.90 Å². The normalized spacial score (nSPS) is 22.3. The summed E-state index contributed by atoms with van der Waals surface area (Å²) in [7, 11) is 0. The largest absolute Gasteiger partial charge is 0.361 e. The van der Waals surface area contributed by atoms with Crippen LogP contribution >= 0.6 is 11.3 Å². The van der Waals surface area contributed by atoms with Crippen molar-refractivity contribution in [1.82, 2.24) is 0 Å². The molecule has 1 aliphatic heterocycles. The molecule has 44 heavy (non-hydrogen) atoms. The number of rotatable bonds is 4. The predicted octanol–water partition coefficient (Wildman–Crippen LogP) is 11.1. The van der Waals surface area contributed by atoms with Crippen molar-refractivity contribution in [3.05, 3.63) is 168 Å². The van der Waals surface area contributed by atoms with Crippen molar-refractivity contribution in [2.75, 3.05) is 4.90 Å². The number of thiophene rings is 1. The second-order valence-electron chi connectivity index (χ2n) is 12.4. The number of allylic oxidation sites excluding steroid dienone is 3. The third-order valence-electron chi connectivity index (χ3n) is 9.95. The molecule has 1 aromatic heterocycles. The molecule has 1 nitrogen and oxygen atoms in total. The van der Waals surface area contributed by atoms with E-state index in [0.29, 0.717) is 23.9 Å². The number of nitrogens with zero attached hydrogens (tertiary/aromatic N) is 1. The van der Waals surface area contributed by atoms with E-state index in [2.05, 4.69) is 157 Å². The Balaban J connectivity index is 1.13. The molecule has 6 aromatic rings. The maximum Gasteiger partial charge on any atom is 0.0583 e. The van der Waals surface area contributed by atoms with Crippen LogP contribution in [0.3, 0.4) is 0 Å². The van der Waals surface area contributed by atoms with E-state index in [1.54, 1.807) is 0 Å². The average molecular weight is 584 g/mol. The van der Waals surface area contributed by atoms with Gasteiger partial charge in [-0.3, -0.25) is 0 Å². The van der Waals surface area contributed by atoms with E-state index >= 15 is 0 Å². The molecule has 212 valence electrons. The number of hydrogen-bond acceptors (Lipinski definition) is 2. The molecule has 4 atom stereocenters. The first kappa shape index (κ1) is 25.8. The van der Waals surface area contributed by atoms with Crippen LogP contribution in [-0.2, 0) is 0 Å². The molecule has 0 radical (unpaired) electrons. The van der Waals surface area contributed by atoms with Gasteiger partial charge in [-0.05, 0) is 76.6 Å². The molecule has 5 aromatic carbocycles. The van der Waals surface area contributed by atoms with Gasteiger partial charge in [0, 0.05) is 43.7 Å². The van der Waals surface area contributed by atoms with Gasteiger partial charge in [-0.25, -0.2) is 0 Å². The summed E-state index contributed by atoms with van der Waals surface area (Å²) in [6, 6.07) is 45.9. The second kappa shape index (κ2) is 10.5. The third kappa shape index (κ3) is 4.28. The van der Waals surface area contributed by atoms with Gasteiger partial charge < -0.3 is 4.90 Å². The maximum atomic E-state index is 2.77. The molecule has 0 saturated heterocycles. The number of benzene rings is 5. The van der Waals surface area contributed by atoms with Crippen molar-refractivity contribution in [3.8, 4) is 11.1 Å². The van der Waals surface area contributed by atoms with Gasteiger partial charge in [0.15, 0.2) is 0 Å². The minimum absolute atomic E-state index is 0.338. The molecule has 9 rings (SSSR count). The Hall–Kier alpha value is -4.66. The fraction of sp³-hybridized carbons (Fsp3) is 0.143. The average Bonchev–Trinajstić information content (AvgIpc) is 3.64. The Morgan fingerprint density at radius 2 is 1.34 bits per heavy atom. The van der Waals surface area contributed by atoms with Crippen LogP contribution in [0.15, 0.2) is 152 Å². The van der Waals surface area contributed by atoms with Crippen molar-refractivity contribution < 1.29 is 0 Å².